The summed E-state index contributed by atoms with van der Waals surface area (Å²) in [5.41, 5.74) is 0. The van der Waals surface area contributed by atoms with Crippen molar-refractivity contribution in [3.05, 3.63) is 24.2 Å². The molecule has 0 aliphatic carbocycles. The van der Waals surface area contributed by atoms with Gasteiger partial charge in [0, 0.05) is 25.0 Å². The van der Waals surface area contributed by atoms with E-state index in [0.29, 0.717) is 12.1 Å². The average Bonchev–Trinajstić information content (AvgIpc) is 2.99. The van der Waals surface area contributed by atoms with Crippen molar-refractivity contribution in [3.8, 4) is 11.6 Å². The van der Waals surface area contributed by atoms with Gasteiger partial charge in [0.15, 0.2) is 11.6 Å². The van der Waals surface area contributed by atoms with Crippen LogP contribution in [0.15, 0.2) is 22.8 Å². The van der Waals surface area contributed by atoms with Crippen molar-refractivity contribution in [2.75, 3.05) is 0 Å². The summed E-state index contributed by atoms with van der Waals surface area (Å²) in [6.07, 6.45) is 5.16. The molecule has 0 radical (unpaired) electrons. The zero-order valence-corrected chi connectivity index (χ0v) is 9.47. The molecule has 4 heterocycles. The van der Waals surface area contributed by atoms with Gasteiger partial charge in [0.05, 0.1) is 6.26 Å². The number of nitrogens with zero attached hydrogens (tertiary/aromatic N) is 3. The predicted molar refractivity (Wildman–Crippen MR) is 61.4 cm³/mol. The number of furan rings is 1. The molecule has 0 spiro atoms. The van der Waals surface area contributed by atoms with E-state index in [1.54, 1.807) is 6.26 Å². The molecule has 88 valence electrons. The summed E-state index contributed by atoms with van der Waals surface area (Å²) < 4.78 is 7.63. The van der Waals surface area contributed by atoms with Crippen LogP contribution in [0.3, 0.4) is 0 Å². The highest BCUT2D eigenvalue weighted by atomic mass is 16.3. The number of rotatable bonds is 1. The van der Waals surface area contributed by atoms with E-state index in [-0.39, 0.29) is 0 Å². The Kier molecular flexibility index (Phi) is 1.90. The maximum absolute atomic E-state index is 5.42. The molecule has 4 rings (SSSR count). The van der Waals surface area contributed by atoms with E-state index in [2.05, 4.69) is 20.1 Å². The summed E-state index contributed by atoms with van der Waals surface area (Å²) in [6.45, 7) is 0.953. The van der Waals surface area contributed by atoms with Gasteiger partial charge in [0.2, 0.25) is 0 Å². The van der Waals surface area contributed by atoms with Gasteiger partial charge >= 0.3 is 0 Å². The Morgan fingerprint density at radius 1 is 1.29 bits per heavy atom. The standard InChI is InChI=1S/C12H14N4O/c1-2-10(17-5-1)12-15-14-11-6-8-3-4-9(13-8)7-16(11)12/h1-2,5,8-9,13H,3-4,6-7H2. The molecular weight excluding hydrogens is 216 g/mol. The quantitative estimate of drug-likeness (QED) is 0.800. The van der Waals surface area contributed by atoms with Crippen molar-refractivity contribution in [2.45, 2.75) is 37.9 Å². The molecule has 2 bridgehead atoms. The molecular formula is C12H14N4O. The molecule has 2 aromatic rings. The lowest BCUT2D eigenvalue weighted by Crippen LogP contribution is -2.30. The molecule has 2 aliphatic rings. The number of aromatic nitrogens is 3. The summed E-state index contributed by atoms with van der Waals surface area (Å²) in [5, 5.41) is 12.2. The maximum atomic E-state index is 5.42. The molecule has 2 aromatic heterocycles. The van der Waals surface area contributed by atoms with E-state index < -0.39 is 0 Å². The summed E-state index contributed by atoms with van der Waals surface area (Å²) >= 11 is 0. The molecule has 2 aliphatic heterocycles. The minimum atomic E-state index is 0.561. The van der Waals surface area contributed by atoms with Crippen LogP contribution in [0.25, 0.3) is 11.6 Å². The fraction of sp³-hybridized carbons (Fsp3) is 0.500. The second-order valence-corrected chi connectivity index (χ2v) is 4.87. The number of hydrogen-bond donors (Lipinski definition) is 1. The summed E-state index contributed by atoms with van der Waals surface area (Å²) in [6, 6.07) is 4.97. The van der Waals surface area contributed by atoms with Crippen LogP contribution in [-0.4, -0.2) is 26.8 Å². The molecule has 0 aromatic carbocycles. The summed E-state index contributed by atoms with van der Waals surface area (Å²) in [7, 11) is 0. The molecule has 0 amide bonds. The van der Waals surface area contributed by atoms with Crippen LogP contribution in [0, 0.1) is 0 Å². The largest absolute Gasteiger partial charge is 0.461 e. The predicted octanol–water partition coefficient (Wildman–Crippen LogP) is 1.21. The van der Waals surface area contributed by atoms with Crippen LogP contribution in [0.4, 0.5) is 0 Å². The number of hydrogen-bond acceptors (Lipinski definition) is 4. The van der Waals surface area contributed by atoms with Gasteiger partial charge in [-0.05, 0) is 25.0 Å². The average molecular weight is 230 g/mol. The zero-order chi connectivity index (χ0) is 11.2. The molecule has 5 heteroatoms. The Morgan fingerprint density at radius 2 is 2.24 bits per heavy atom. The second kappa shape index (κ2) is 3.43. The van der Waals surface area contributed by atoms with E-state index >= 15 is 0 Å². The van der Waals surface area contributed by atoms with Gasteiger partial charge < -0.3 is 14.3 Å². The fourth-order valence-electron chi connectivity index (χ4n) is 2.91. The Bertz CT molecular complexity index is 531. The Labute approximate surface area is 98.8 Å². The molecule has 1 saturated heterocycles. The van der Waals surface area contributed by atoms with Gasteiger partial charge in [0.25, 0.3) is 0 Å². The van der Waals surface area contributed by atoms with Crippen molar-refractivity contribution in [2.24, 2.45) is 0 Å². The van der Waals surface area contributed by atoms with Crippen LogP contribution in [0.5, 0.6) is 0 Å². The van der Waals surface area contributed by atoms with Gasteiger partial charge in [-0.15, -0.1) is 10.2 Å². The lowest BCUT2D eigenvalue weighted by molar-refractivity contribution is 0.502. The van der Waals surface area contributed by atoms with E-state index in [1.807, 2.05) is 12.1 Å². The van der Waals surface area contributed by atoms with Gasteiger partial charge in [-0.3, -0.25) is 0 Å². The Balaban J connectivity index is 1.80. The third kappa shape index (κ3) is 1.42. The molecule has 17 heavy (non-hydrogen) atoms. The fourth-order valence-corrected chi connectivity index (χ4v) is 2.91. The first-order valence-electron chi connectivity index (χ1n) is 6.12. The van der Waals surface area contributed by atoms with E-state index in [9.17, 15) is 0 Å². The topological polar surface area (TPSA) is 55.9 Å². The van der Waals surface area contributed by atoms with E-state index in [4.69, 9.17) is 4.42 Å². The lowest BCUT2D eigenvalue weighted by atomic mass is 10.1. The highest BCUT2D eigenvalue weighted by Crippen LogP contribution is 2.26. The molecule has 2 atom stereocenters. The minimum absolute atomic E-state index is 0.561. The SMILES string of the molecule is c1coc(-c2nnc3n2CC2CCC(C3)N2)c1. The Morgan fingerprint density at radius 3 is 3.12 bits per heavy atom. The summed E-state index contributed by atoms with van der Waals surface area (Å²) in [4.78, 5) is 0. The monoisotopic (exact) mass is 230 g/mol. The maximum Gasteiger partial charge on any atom is 0.199 e. The van der Waals surface area contributed by atoms with Gasteiger partial charge in [0.1, 0.15) is 5.82 Å². The molecule has 0 saturated carbocycles. The van der Waals surface area contributed by atoms with Crippen LogP contribution in [-0.2, 0) is 13.0 Å². The first-order chi connectivity index (χ1) is 8.40. The number of fused-ring (bicyclic) bond motifs is 3. The second-order valence-electron chi connectivity index (χ2n) is 4.87. The molecule has 5 nitrogen and oxygen atoms in total. The molecule has 1 fully saturated rings. The van der Waals surface area contributed by atoms with Crippen LogP contribution < -0.4 is 5.32 Å². The van der Waals surface area contributed by atoms with Crippen LogP contribution >= 0.6 is 0 Å². The summed E-state index contributed by atoms with van der Waals surface area (Å²) in [5.74, 6) is 2.75. The van der Waals surface area contributed by atoms with Gasteiger partial charge in [-0.1, -0.05) is 0 Å². The minimum Gasteiger partial charge on any atom is -0.461 e. The van der Waals surface area contributed by atoms with E-state index in [1.165, 1.54) is 12.8 Å². The van der Waals surface area contributed by atoms with Crippen molar-refractivity contribution in [1.29, 1.82) is 0 Å². The zero-order valence-electron chi connectivity index (χ0n) is 9.47. The van der Waals surface area contributed by atoms with Crippen LogP contribution in [0.2, 0.25) is 0 Å². The van der Waals surface area contributed by atoms with Crippen molar-refractivity contribution >= 4 is 0 Å². The highest BCUT2D eigenvalue weighted by molar-refractivity contribution is 5.47. The lowest BCUT2D eigenvalue weighted by Gasteiger charge is -2.11. The van der Waals surface area contributed by atoms with Gasteiger partial charge in [-0.25, -0.2) is 0 Å². The van der Waals surface area contributed by atoms with Crippen molar-refractivity contribution in [1.82, 2.24) is 20.1 Å². The molecule has 1 N–H and O–H groups in total. The normalized spacial score (nSPS) is 26.8. The molecule has 2 unspecified atom stereocenters. The van der Waals surface area contributed by atoms with E-state index in [0.717, 1.165) is 30.4 Å². The van der Waals surface area contributed by atoms with Crippen LogP contribution in [0.1, 0.15) is 18.7 Å². The first kappa shape index (κ1) is 9.41. The smallest absolute Gasteiger partial charge is 0.199 e. The third-order valence-electron chi connectivity index (χ3n) is 3.74. The number of nitrogens with one attached hydrogen (secondary N) is 1. The first-order valence-corrected chi connectivity index (χ1v) is 6.12. The third-order valence-corrected chi connectivity index (χ3v) is 3.74. The van der Waals surface area contributed by atoms with Gasteiger partial charge in [-0.2, -0.15) is 0 Å². The Hall–Kier alpha value is -1.62. The van der Waals surface area contributed by atoms with Crippen molar-refractivity contribution < 1.29 is 4.42 Å². The van der Waals surface area contributed by atoms with Crippen molar-refractivity contribution in [3.63, 3.8) is 0 Å². The highest BCUT2D eigenvalue weighted by Gasteiger charge is 2.31.